The number of hydrogen-bond donors (Lipinski definition) is 4. The minimum absolute atomic E-state index is 0.00861. The first-order valence-corrected chi connectivity index (χ1v) is 16.4. The van der Waals surface area contributed by atoms with Crippen LogP contribution in [0.3, 0.4) is 0 Å². The quantitative estimate of drug-likeness (QED) is 0.216. The summed E-state index contributed by atoms with van der Waals surface area (Å²) < 4.78 is 30.1. The van der Waals surface area contributed by atoms with Gasteiger partial charge in [0.2, 0.25) is 23.5 Å². The molecule has 0 aromatic carbocycles. The van der Waals surface area contributed by atoms with E-state index < -0.39 is 102 Å². The van der Waals surface area contributed by atoms with Crippen LogP contribution >= 0.6 is 0 Å². The molecule has 2 heterocycles. The van der Waals surface area contributed by atoms with Crippen molar-refractivity contribution in [1.29, 1.82) is 0 Å². The first-order chi connectivity index (χ1) is 22.2. The maximum absolute atomic E-state index is 15.0. The lowest BCUT2D eigenvalue weighted by Gasteiger charge is -2.34. The van der Waals surface area contributed by atoms with Gasteiger partial charge >= 0.3 is 0 Å². The molecule has 1 saturated heterocycles. The molecule has 0 bridgehead atoms. The zero-order valence-electron chi connectivity index (χ0n) is 27.4. The van der Waals surface area contributed by atoms with Gasteiger partial charge in [0, 0.05) is 37.3 Å². The van der Waals surface area contributed by atoms with E-state index >= 15 is 8.78 Å². The van der Waals surface area contributed by atoms with Gasteiger partial charge in [0.15, 0.2) is 0 Å². The number of likely N-dealkylation sites (tertiary alicyclic amines) is 1. The molecule has 5 amide bonds. The number of rotatable bonds is 14. The summed E-state index contributed by atoms with van der Waals surface area (Å²) in [5, 5.41) is 10.5. The van der Waals surface area contributed by atoms with Crippen molar-refractivity contribution in [2.24, 2.45) is 23.7 Å². The third-order valence-electron chi connectivity index (χ3n) is 9.17. The molecule has 3 aliphatic rings. The molecule has 258 valence electrons. The van der Waals surface area contributed by atoms with Crippen molar-refractivity contribution in [2.75, 3.05) is 6.54 Å². The Morgan fingerprint density at radius 1 is 0.957 bits per heavy atom. The lowest BCUT2D eigenvalue weighted by Crippen LogP contribution is -2.60. The van der Waals surface area contributed by atoms with Crippen LogP contribution in [0.1, 0.15) is 83.6 Å². The Balaban J connectivity index is 1.55. The minimum Gasteiger partial charge on any atom is -0.347 e. The van der Waals surface area contributed by atoms with Crippen molar-refractivity contribution in [3.05, 3.63) is 24.3 Å². The summed E-state index contributed by atoms with van der Waals surface area (Å²) in [6.45, 7) is 8.10. The van der Waals surface area contributed by atoms with Crippen LogP contribution in [0.4, 0.5) is 8.78 Å². The molecule has 4 N–H and O–H groups in total. The first kappa shape index (κ1) is 35.8. The van der Waals surface area contributed by atoms with E-state index in [4.69, 9.17) is 0 Å². The molecule has 2 aliphatic carbocycles. The van der Waals surface area contributed by atoms with Crippen LogP contribution < -0.4 is 21.3 Å². The highest BCUT2D eigenvalue weighted by atomic mass is 19.3. The van der Waals surface area contributed by atoms with E-state index in [0.717, 1.165) is 17.7 Å². The number of halogens is 2. The van der Waals surface area contributed by atoms with Crippen LogP contribution in [-0.4, -0.2) is 92.9 Å². The van der Waals surface area contributed by atoms with Gasteiger partial charge in [-0.15, -0.1) is 0 Å². The molecular formula is C32H45F2N7O6. The second-order valence-electron chi connectivity index (χ2n) is 13.5. The van der Waals surface area contributed by atoms with E-state index in [1.54, 1.807) is 34.6 Å². The van der Waals surface area contributed by atoms with Gasteiger partial charge in [-0.05, 0) is 43.4 Å². The number of carbonyl (C=O) groups excluding carboxylic acids is 6. The molecule has 1 aliphatic heterocycles. The van der Waals surface area contributed by atoms with Gasteiger partial charge in [0.1, 0.15) is 23.8 Å². The van der Waals surface area contributed by atoms with E-state index in [9.17, 15) is 28.8 Å². The number of aromatic nitrogens is 2. The highest BCUT2D eigenvalue weighted by Crippen LogP contribution is 2.51. The number of hydrogen-bond acceptors (Lipinski definition) is 8. The van der Waals surface area contributed by atoms with Gasteiger partial charge in [0.05, 0.1) is 12.2 Å². The van der Waals surface area contributed by atoms with E-state index in [-0.39, 0.29) is 24.6 Å². The number of carbonyl (C=O) groups is 6. The van der Waals surface area contributed by atoms with Crippen LogP contribution in [-0.2, 0) is 24.0 Å². The Bertz CT molecular complexity index is 1360. The Hall–Kier alpha value is -4.04. The predicted octanol–water partition coefficient (Wildman–Crippen LogP) is 1.38. The van der Waals surface area contributed by atoms with Gasteiger partial charge in [-0.25, -0.2) is 13.8 Å². The van der Waals surface area contributed by atoms with Crippen LogP contribution in [0, 0.1) is 23.7 Å². The van der Waals surface area contributed by atoms with Crippen molar-refractivity contribution in [1.82, 2.24) is 36.1 Å². The van der Waals surface area contributed by atoms with E-state index in [2.05, 4.69) is 31.2 Å². The lowest BCUT2D eigenvalue weighted by atomic mass is 9.91. The van der Waals surface area contributed by atoms with E-state index in [1.165, 1.54) is 18.6 Å². The first-order valence-electron chi connectivity index (χ1n) is 16.4. The summed E-state index contributed by atoms with van der Waals surface area (Å²) in [7, 11) is 0. The molecule has 15 heteroatoms. The normalized spacial score (nSPS) is 23.4. The number of amides is 5. The predicted molar refractivity (Wildman–Crippen MR) is 165 cm³/mol. The molecule has 3 unspecified atom stereocenters. The maximum atomic E-state index is 15.0. The second-order valence-corrected chi connectivity index (χ2v) is 13.5. The number of nitrogens with zero attached hydrogens (tertiary/aromatic N) is 3. The minimum atomic E-state index is -3.12. The number of alkyl halides is 2. The third kappa shape index (κ3) is 8.28. The van der Waals surface area contributed by atoms with Gasteiger partial charge in [-0.1, -0.05) is 41.0 Å². The molecule has 1 aromatic rings. The monoisotopic (exact) mass is 661 g/mol. The van der Waals surface area contributed by atoms with Crippen molar-refractivity contribution in [2.45, 2.75) is 109 Å². The molecule has 4 rings (SSSR count). The number of nitrogens with one attached hydrogen (secondary N) is 4. The molecule has 2 saturated carbocycles. The van der Waals surface area contributed by atoms with Crippen LogP contribution in [0.5, 0.6) is 0 Å². The Morgan fingerprint density at radius 3 is 2.21 bits per heavy atom. The maximum Gasteiger partial charge on any atom is 0.289 e. The molecule has 3 fully saturated rings. The Kier molecular flexibility index (Phi) is 11.3. The molecule has 13 nitrogen and oxygen atoms in total. The molecule has 0 spiro atoms. The van der Waals surface area contributed by atoms with Crippen LogP contribution in [0.2, 0.25) is 0 Å². The lowest BCUT2D eigenvalue weighted by molar-refractivity contribution is -0.145. The third-order valence-corrected chi connectivity index (χ3v) is 9.17. The summed E-state index contributed by atoms with van der Waals surface area (Å²) in [5.41, 5.74) is -0.00861. The topological polar surface area (TPSA) is 180 Å². The molecule has 47 heavy (non-hydrogen) atoms. The average Bonchev–Trinajstić information content (AvgIpc) is 3.67. The smallest absolute Gasteiger partial charge is 0.289 e. The SMILES string of the molecule is CCCC(NC(=O)C1[C@H]2CCC(F)(F)[C@H]2CN1C(=O)C(NC(=O)[C@H](NC(=O)c1cnccn1)C(C)C)C(C)C)C(=O)C(=O)NC1CC1. The van der Waals surface area contributed by atoms with Gasteiger partial charge in [0.25, 0.3) is 17.7 Å². The van der Waals surface area contributed by atoms with Crippen molar-refractivity contribution in [3.8, 4) is 0 Å². The summed E-state index contributed by atoms with van der Waals surface area (Å²) in [5.74, 6) is -10.7. The Labute approximate surface area is 272 Å². The van der Waals surface area contributed by atoms with Crippen molar-refractivity contribution < 1.29 is 37.5 Å². The number of fused-ring (bicyclic) bond motifs is 1. The fourth-order valence-corrected chi connectivity index (χ4v) is 6.38. The molecule has 6 atom stereocenters. The van der Waals surface area contributed by atoms with Crippen molar-refractivity contribution >= 4 is 35.3 Å². The Morgan fingerprint density at radius 2 is 1.64 bits per heavy atom. The van der Waals surface area contributed by atoms with Crippen LogP contribution in [0.15, 0.2) is 18.6 Å². The number of ketones is 1. The van der Waals surface area contributed by atoms with E-state index in [0.29, 0.717) is 6.42 Å². The summed E-state index contributed by atoms with van der Waals surface area (Å²) in [6, 6.07) is -4.91. The molecular weight excluding hydrogens is 616 g/mol. The standard InChI is InChI=1S/C32H45F2N7O6/c1-6-7-21(26(42)30(46)37-18-8-9-18)38-29(45)25-19-10-11-32(33,34)20(19)15-41(25)31(47)24(17(4)5)40-28(44)23(16(2)3)39-27(43)22-14-35-12-13-36-22/h12-14,16-21,23-25H,6-11,15H2,1-5H3,(H,37,46)(H,38,45)(H,39,43)(H,40,44)/t19-,20-,21?,23+,24?,25?/m0/s1. The second kappa shape index (κ2) is 14.8. The highest BCUT2D eigenvalue weighted by molar-refractivity contribution is 6.38. The average molecular weight is 662 g/mol. The number of Topliss-reactive ketones (excluding diaryl/α,β-unsaturated/α-hetero) is 1. The summed E-state index contributed by atoms with van der Waals surface area (Å²) >= 11 is 0. The fourth-order valence-electron chi connectivity index (χ4n) is 6.38. The van der Waals surface area contributed by atoms with Gasteiger partial charge < -0.3 is 26.2 Å². The zero-order valence-corrected chi connectivity index (χ0v) is 27.4. The van der Waals surface area contributed by atoms with Gasteiger partial charge in [-0.3, -0.25) is 33.8 Å². The molecule has 1 aromatic heterocycles. The highest BCUT2D eigenvalue weighted by Gasteiger charge is 2.61. The summed E-state index contributed by atoms with van der Waals surface area (Å²) in [6.07, 6.45) is 5.64. The summed E-state index contributed by atoms with van der Waals surface area (Å²) in [4.78, 5) is 88.7. The van der Waals surface area contributed by atoms with E-state index in [1.807, 2.05) is 0 Å². The van der Waals surface area contributed by atoms with Crippen LogP contribution in [0.25, 0.3) is 0 Å². The fraction of sp³-hybridized carbons (Fsp3) is 0.688. The van der Waals surface area contributed by atoms with Gasteiger partial charge in [-0.2, -0.15) is 0 Å². The zero-order chi connectivity index (χ0) is 34.6. The molecule has 0 radical (unpaired) electrons. The van der Waals surface area contributed by atoms with Crippen molar-refractivity contribution in [3.63, 3.8) is 0 Å². The largest absolute Gasteiger partial charge is 0.347 e.